The molecule has 0 aliphatic rings. The first-order valence-corrected chi connectivity index (χ1v) is 9.27. The molecule has 4 rings (SSSR count). The van der Waals surface area contributed by atoms with Gasteiger partial charge in [-0.05, 0) is 67.1 Å². The van der Waals surface area contributed by atoms with Crippen LogP contribution in [0.3, 0.4) is 0 Å². The maximum atomic E-state index is 13.1. The molecule has 2 heterocycles. The molecule has 8 heteroatoms. The summed E-state index contributed by atoms with van der Waals surface area (Å²) in [7, 11) is 0. The fourth-order valence-electron chi connectivity index (χ4n) is 3.05. The van der Waals surface area contributed by atoms with E-state index in [0.29, 0.717) is 22.0 Å². The summed E-state index contributed by atoms with van der Waals surface area (Å²) in [6.45, 7) is 1.89. The van der Waals surface area contributed by atoms with Gasteiger partial charge in [-0.3, -0.25) is 19.7 Å². The molecule has 0 aliphatic heterocycles. The minimum Gasteiger partial charge on any atom is -0.346 e. The molecule has 0 saturated heterocycles. The number of nitrogens with one attached hydrogen (secondary N) is 3. The lowest BCUT2D eigenvalue weighted by molar-refractivity contribution is 0.0939. The molecule has 0 saturated carbocycles. The molecule has 0 bridgehead atoms. The summed E-state index contributed by atoms with van der Waals surface area (Å²) < 4.78 is 13.1. The highest BCUT2D eigenvalue weighted by atomic mass is 19.1. The molecule has 2 aromatic heterocycles. The van der Waals surface area contributed by atoms with Crippen LogP contribution in [0.5, 0.6) is 0 Å². The van der Waals surface area contributed by atoms with Crippen LogP contribution in [0.1, 0.15) is 39.2 Å². The molecular weight excluding hydrogens is 385 g/mol. The van der Waals surface area contributed by atoms with Gasteiger partial charge >= 0.3 is 0 Å². The summed E-state index contributed by atoms with van der Waals surface area (Å²) in [4.78, 5) is 29.1. The van der Waals surface area contributed by atoms with Crippen molar-refractivity contribution in [3.05, 3.63) is 89.5 Å². The van der Waals surface area contributed by atoms with Gasteiger partial charge < -0.3 is 10.6 Å². The summed E-state index contributed by atoms with van der Waals surface area (Å²) in [6, 6.07) is 13.8. The molecular formula is C22H18FN5O2. The lowest BCUT2D eigenvalue weighted by Gasteiger charge is -2.14. The molecule has 7 nitrogen and oxygen atoms in total. The predicted octanol–water partition coefficient (Wildman–Crippen LogP) is 3.84. The Kier molecular flexibility index (Phi) is 5.21. The Morgan fingerprint density at radius 3 is 2.40 bits per heavy atom. The zero-order valence-electron chi connectivity index (χ0n) is 16.0. The number of halogens is 1. The normalized spacial score (nSPS) is 11.8. The number of amides is 2. The van der Waals surface area contributed by atoms with Crippen molar-refractivity contribution in [2.75, 3.05) is 5.32 Å². The van der Waals surface area contributed by atoms with Gasteiger partial charge in [-0.2, -0.15) is 5.10 Å². The lowest BCUT2D eigenvalue weighted by Crippen LogP contribution is -2.26. The SMILES string of the molecule is CC(NC(=O)c1ccc2[nH]nc(NC(=O)c3ccc(F)cc3)c2c1)c1ccncc1. The van der Waals surface area contributed by atoms with E-state index in [1.807, 2.05) is 19.1 Å². The highest BCUT2D eigenvalue weighted by molar-refractivity contribution is 6.09. The van der Waals surface area contributed by atoms with Crippen LogP contribution in [-0.4, -0.2) is 27.0 Å². The smallest absolute Gasteiger partial charge is 0.256 e. The minimum absolute atomic E-state index is 0.196. The van der Waals surface area contributed by atoms with Gasteiger partial charge in [0.1, 0.15) is 5.82 Å². The van der Waals surface area contributed by atoms with Gasteiger partial charge in [0.15, 0.2) is 5.82 Å². The Balaban J connectivity index is 1.54. The van der Waals surface area contributed by atoms with Crippen molar-refractivity contribution < 1.29 is 14.0 Å². The molecule has 2 amide bonds. The quantitative estimate of drug-likeness (QED) is 0.471. The number of hydrogen-bond donors (Lipinski definition) is 3. The number of pyridine rings is 1. The summed E-state index contributed by atoms with van der Waals surface area (Å²) in [5, 5.41) is 13.2. The van der Waals surface area contributed by atoms with Gasteiger partial charge in [-0.1, -0.05) is 0 Å². The Morgan fingerprint density at radius 2 is 1.67 bits per heavy atom. The van der Waals surface area contributed by atoms with Gasteiger partial charge in [-0.25, -0.2) is 4.39 Å². The summed E-state index contributed by atoms with van der Waals surface area (Å²) in [6.07, 6.45) is 3.34. The molecule has 2 aromatic carbocycles. The number of aromatic amines is 1. The Morgan fingerprint density at radius 1 is 0.967 bits per heavy atom. The fourth-order valence-corrected chi connectivity index (χ4v) is 3.05. The van der Waals surface area contributed by atoms with Crippen molar-refractivity contribution in [2.24, 2.45) is 0 Å². The molecule has 0 spiro atoms. The molecule has 150 valence electrons. The van der Waals surface area contributed by atoms with Gasteiger partial charge in [0.25, 0.3) is 11.8 Å². The molecule has 0 radical (unpaired) electrons. The van der Waals surface area contributed by atoms with Crippen molar-refractivity contribution in [2.45, 2.75) is 13.0 Å². The number of benzene rings is 2. The van der Waals surface area contributed by atoms with Crippen LogP contribution in [0.4, 0.5) is 10.2 Å². The van der Waals surface area contributed by atoms with E-state index >= 15 is 0 Å². The first kappa shape index (κ1) is 19.3. The molecule has 4 aromatic rings. The first-order valence-electron chi connectivity index (χ1n) is 9.27. The number of nitrogens with zero attached hydrogens (tertiary/aromatic N) is 2. The van der Waals surface area contributed by atoms with Crippen LogP contribution in [0.15, 0.2) is 67.0 Å². The van der Waals surface area contributed by atoms with Crippen molar-refractivity contribution in [3.63, 3.8) is 0 Å². The Hall–Kier alpha value is -4.07. The van der Waals surface area contributed by atoms with E-state index in [2.05, 4.69) is 25.8 Å². The van der Waals surface area contributed by atoms with Gasteiger partial charge in [-0.15, -0.1) is 0 Å². The first-order chi connectivity index (χ1) is 14.5. The number of hydrogen-bond acceptors (Lipinski definition) is 4. The van der Waals surface area contributed by atoms with E-state index in [1.165, 1.54) is 24.3 Å². The lowest BCUT2D eigenvalue weighted by atomic mass is 10.1. The fraction of sp³-hybridized carbons (Fsp3) is 0.0909. The number of aromatic nitrogens is 3. The third kappa shape index (κ3) is 4.02. The number of fused-ring (bicyclic) bond motifs is 1. The van der Waals surface area contributed by atoms with E-state index in [4.69, 9.17) is 0 Å². The maximum Gasteiger partial charge on any atom is 0.256 e. The Labute approximate surface area is 171 Å². The monoisotopic (exact) mass is 403 g/mol. The minimum atomic E-state index is -0.426. The molecule has 1 unspecified atom stereocenters. The molecule has 3 N–H and O–H groups in total. The van der Waals surface area contributed by atoms with E-state index in [-0.39, 0.29) is 17.8 Å². The predicted molar refractivity (Wildman–Crippen MR) is 111 cm³/mol. The van der Waals surface area contributed by atoms with Crippen LogP contribution in [-0.2, 0) is 0 Å². The van der Waals surface area contributed by atoms with E-state index in [9.17, 15) is 14.0 Å². The number of H-pyrrole nitrogens is 1. The second-order valence-electron chi connectivity index (χ2n) is 6.77. The molecule has 0 fully saturated rings. The average Bonchev–Trinajstić information content (AvgIpc) is 3.16. The van der Waals surface area contributed by atoms with Gasteiger partial charge in [0.05, 0.1) is 11.6 Å². The van der Waals surface area contributed by atoms with Crippen molar-refractivity contribution >= 4 is 28.5 Å². The van der Waals surface area contributed by atoms with Crippen molar-refractivity contribution in [1.82, 2.24) is 20.5 Å². The number of anilines is 1. The number of carbonyl (C=O) groups excluding carboxylic acids is 2. The highest BCUT2D eigenvalue weighted by Gasteiger charge is 2.15. The third-order valence-corrected chi connectivity index (χ3v) is 4.72. The number of rotatable bonds is 5. The summed E-state index contributed by atoms with van der Waals surface area (Å²) in [5.74, 6) is -0.813. The average molecular weight is 403 g/mol. The second kappa shape index (κ2) is 8.12. The van der Waals surface area contributed by atoms with Crippen LogP contribution < -0.4 is 10.6 Å². The molecule has 0 aliphatic carbocycles. The molecule has 1 atom stereocenters. The van der Waals surface area contributed by atoms with Crippen LogP contribution in [0.2, 0.25) is 0 Å². The van der Waals surface area contributed by atoms with Gasteiger partial charge in [0, 0.05) is 28.9 Å². The van der Waals surface area contributed by atoms with Crippen LogP contribution in [0, 0.1) is 5.82 Å². The Bertz CT molecular complexity index is 1210. The zero-order valence-corrected chi connectivity index (χ0v) is 16.0. The van der Waals surface area contributed by atoms with Gasteiger partial charge in [0.2, 0.25) is 0 Å². The van der Waals surface area contributed by atoms with E-state index in [1.54, 1.807) is 30.6 Å². The van der Waals surface area contributed by atoms with Crippen molar-refractivity contribution in [3.8, 4) is 0 Å². The van der Waals surface area contributed by atoms with Crippen LogP contribution in [0.25, 0.3) is 10.9 Å². The maximum absolute atomic E-state index is 13.1. The summed E-state index contributed by atoms with van der Waals surface area (Å²) in [5.41, 5.74) is 2.34. The number of carbonyl (C=O) groups is 2. The highest BCUT2D eigenvalue weighted by Crippen LogP contribution is 2.23. The standard InChI is InChI=1S/C22H18FN5O2/c1-13(14-8-10-24-11-9-14)25-22(30)16-4-7-19-18(12-16)20(28-27-19)26-21(29)15-2-5-17(23)6-3-15/h2-13H,1H3,(H,25,30)(H2,26,27,28,29). The van der Waals surface area contributed by atoms with E-state index < -0.39 is 11.7 Å². The van der Waals surface area contributed by atoms with Crippen LogP contribution >= 0.6 is 0 Å². The molecule has 30 heavy (non-hydrogen) atoms. The second-order valence-corrected chi connectivity index (χ2v) is 6.77. The largest absolute Gasteiger partial charge is 0.346 e. The zero-order chi connectivity index (χ0) is 21.1. The summed E-state index contributed by atoms with van der Waals surface area (Å²) >= 11 is 0. The van der Waals surface area contributed by atoms with E-state index in [0.717, 1.165) is 5.56 Å². The topological polar surface area (TPSA) is 99.8 Å². The third-order valence-electron chi connectivity index (χ3n) is 4.72. The van der Waals surface area contributed by atoms with Crippen molar-refractivity contribution in [1.29, 1.82) is 0 Å².